The minimum Gasteiger partial charge on any atom is -0.387 e. The lowest BCUT2D eigenvalue weighted by Gasteiger charge is -2.12. The van der Waals surface area contributed by atoms with Gasteiger partial charge in [0.2, 0.25) is 0 Å². The molecule has 3 heteroatoms. The van der Waals surface area contributed by atoms with Crippen LogP contribution in [-0.2, 0) is 0 Å². The number of rotatable bonds is 2. The van der Waals surface area contributed by atoms with Gasteiger partial charge in [-0.25, -0.2) is 4.39 Å². The highest BCUT2D eigenvalue weighted by Gasteiger charge is 2.15. The maximum Gasteiger partial charge on any atom is 0.123 e. The SMILES string of the molecule is CC(C#N)C(O)c1ccc(F)cc1. The van der Waals surface area contributed by atoms with Gasteiger partial charge in [0.05, 0.1) is 18.1 Å². The number of nitriles is 1. The molecule has 1 rings (SSSR count). The topological polar surface area (TPSA) is 44.0 Å². The van der Waals surface area contributed by atoms with Gasteiger partial charge >= 0.3 is 0 Å². The summed E-state index contributed by atoms with van der Waals surface area (Å²) in [7, 11) is 0. The Kier molecular flexibility index (Phi) is 2.99. The van der Waals surface area contributed by atoms with Crippen molar-refractivity contribution in [3.8, 4) is 6.07 Å². The van der Waals surface area contributed by atoms with Crippen LogP contribution in [0.4, 0.5) is 4.39 Å². The molecule has 68 valence electrons. The van der Waals surface area contributed by atoms with Gasteiger partial charge in [0.1, 0.15) is 5.82 Å². The van der Waals surface area contributed by atoms with Gasteiger partial charge < -0.3 is 5.11 Å². The summed E-state index contributed by atoms with van der Waals surface area (Å²) in [6.45, 7) is 1.62. The molecule has 1 aromatic rings. The molecule has 1 N–H and O–H groups in total. The summed E-state index contributed by atoms with van der Waals surface area (Å²) in [5, 5.41) is 18.1. The molecular weight excluding hydrogens is 169 g/mol. The fraction of sp³-hybridized carbons (Fsp3) is 0.300. The highest BCUT2D eigenvalue weighted by Crippen LogP contribution is 2.20. The lowest BCUT2D eigenvalue weighted by atomic mass is 9.99. The number of benzene rings is 1. The lowest BCUT2D eigenvalue weighted by Crippen LogP contribution is -2.06. The second kappa shape index (κ2) is 4.01. The molecule has 0 aliphatic heterocycles. The molecule has 0 spiro atoms. The first-order valence-electron chi connectivity index (χ1n) is 3.98. The van der Waals surface area contributed by atoms with E-state index in [4.69, 9.17) is 5.26 Å². The predicted molar refractivity (Wildman–Crippen MR) is 46.1 cm³/mol. The Balaban J connectivity index is 2.84. The average Bonchev–Trinajstić information content (AvgIpc) is 2.17. The number of halogens is 1. The fourth-order valence-electron chi connectivity index (χ4n) is 1.02. The summed E-state index contributed by atoms with van der Waals surface area (Å²) in [4.78, 5) is 0. The Morgan fingerprint density at radius 2 is 1.92 bits per heavy atom. The Morgan fingerprint density at radius 1 is 1.38 bits per heavy atom. The first-order valence-corrected chi connectivity index (χ1v) is 3.98. The Bertz CT molecular complexity index is 315. The van der Waals surface area contributed by atoms with Crippen molar-refractivity contribution in [3.63, 3.8) is 0 Å². The molecule has 0 aromatic heterocycles. The predicted octanol–water partition coefficient (Wildman–Crippen LogP) is 2.02. The van der Waals surface area contributed by atoms with Gasteiger partial charge in [-0.05, 0) is 24.6 Å². The van der Waals surface area contributed by atoms with Crippen molar-refractivity contribution in [2.75, 3.05) is 0 Å². The molecule has 0 fully saturated rings. The van der Waals surface area contributed by atoms with Crippen molar-refractivity contribution in [1.29, 1.82) is 5.26 Å². The maximum absolute atomic E-state index is 12.5. The number of nitrogens with zero attached hydrogens (tertiary/aromatic N) is 1. The molecule has 0 aliphatic rings. The van der Waals surface area contributed by atoms with Gasteiger partial charge in [-0.15, -0.1) is 0 Å². The minimum absolute atomic E-state index is 0.347. The third-order valence-electron chi connectivity index (χ3n) is 1.89. The standard InChI is InChI=1S/C10H10FNO/c1-7(6-12)10(13)8-2-4-9(11)5-3-8/h2-5,7,10,13H,1H3. The summed E-state index contributed by atoms with van der Waals surface area (Å²) >= 11 is 0. The number of aliphatic hydroxyl groups is 1. The second-order valence-corrected chi connectivity index (χ2v) is 2.91. The number of hydrogen-bond donors (Lipinski definition) is 1. The third kappa shape index (κ3) is 2.27. The molecule has 2 nitrogen and oxygen atoms in total. The first kappa shape index (κ1) is 9.69. The van der Waals surface area contributed by atoms with Crippen LogP contribution in [-0.4, -0.2) is 5.11 Å². The van der Waals surface area contributed by atoms with Crippen molar-refractivity contribution in [2.24, 2.45) is 5.92 Å². The second-order valence-electron chi connectivity index (χ2n) is 2.91. The van der Waals surface area contributed by atoms with E-state index in [2.05, 4.69) is 0 Å². The van der Waals surface area contributed by atoms with Crippen LogP contribution in [0.15, 0.2) is 24.3 Å². The summed E-state index contributed by atoms with van der Waals surface area (Å²) in [6.07, 6.45) is -0.842. The molecule has 0 amide bonds. The van der Waals surface area contributed by atoms with Crippen LogP contribution in [0, 0.1) is 23.1 Å². The maximum atomic E-state index is 12.5. The van der Waals surface area contributed by atoms with Gasteiger partial charge in [0.25, 0.3) is 0 Å². The molecule has 2 unspecified atom stereocenters. The quantitative estimate of drug-likeness (QED) is 0.754. The molecule has 0 radical (unpaired) electrons. The van der Waals surface area contributed by atoms with E-state index >= 15 is 0 Å². The Labute approximate surface area is 76.2 Å². The minimum atomic E-state index is -0.842. The highest BCUT2D eigenvalue weighted by molar-refractivity contribution is 5.20. The first-order chi connectivity index (χ1) is 6.15. The molecule has 0 saturated carbocycles. The van der Waals surface area contributed by atoms with E-state index in [1.165, 1.54) is 24.3 Å². The number of aliphatic hydroxyl groups excluding tert-OH is 1. The van der Waals surface area contributed by atoms with Crippen LogP contribution < -0.4 is 0 Å². The van der Waals surface area contributed by atoms with Gasteiger partial charge in [-0.2, -0.15) is 5.26 Å². The normalized spacial score (nSPS) is 14.6. The van der Waals surface area contributed by atoms with Crippen LogP contribution >= 0.6 is 0 Å². The molecule has 2 atom stereocenters. The van der Waals surface area contributed by atoms with Crippen LogP contribution in [0.5, 0.6) is 0 Å². The van der Waals surface area contributed by atoms with E-state index in [0.29, 0.717) is 5.56 Å². The molecule has 0 aliphatic carbocycles. The van der Waals surface area contributed by atoms with Gasteiger partial charge in [0, 0.05) is 0 Å². The van der Waals surface area contributed by atoms with E-state index in [0.717, 1.165) is 0 Å². The smallest absolute Gasteiger partial charge is 0.123 e. The van der Waals surface area contributed by atoms with Gasteiger partial charge in [-0.3, -0.25) is 0 Å². The van der Waals surface area contributed by atoms with Gasteiger partial charge in [-0.1, -0.05) is 12.1 Å². The van der Waals surface area contributed by atoms with Crippen molar-refractivity contribution >= 4 is 0 Å². The zero-order chi connectivity index (χ0) is 9.84. The van der Waals surface area contributed by atoms with E-state index in [1.54, 1.807) is 6.92 Å². The van der Waals surface area contributed by atoms with Crippen LogP contribution in [0.2, 0.25) is 0 Å². The van der Waals surface area contributed by atoms with Gasteiger partial charge in [0.15, 0.2) is 0 Å². The van der Waals surface area contributed by atoms with Crippen LogP contribution in [0.25, 0.3) is 0 Å². The fourth-order valence-corrected chi connectivity index (χ4v) is 1.02. The van der Waals surface area contributed by atoms with Crippen molar-refractivity contribution in [3.05, 3.63) is 35.6 Å². The average molecular weight is 179 g/mol. The number of hydrogen-bond acceptors (Lipinski definition) is 2. The molecule has 1 aromatic carbocycles. The zero-order valence-corrected chi connectivity index (χ0v) is 7.24. The monoisotopic (exact) mass is 179 g/mol. The highest BCUT2D eigenvalue weighted by atomic mass is 19.1. The van der Waals surface area contributed by atoms with Crippen molar-refractivity contribution in [1.82, 2.24) is 0 Å². The Hall–Kier alpha value is -1.40. The summed E-state index contributed by atoms with van der Waals surface area (Å²) < 4.78 is 12.5. The summed E-state index contributed by atoms with van der Waals surface area (Å²) in [5.74, 6) is -0.828. The third-order valence-corrected chi connectivity index (χ3v) is 1.89. The largest absolute Gasteiger partial charge is 0.387 e. The van der Waals surface area contributed by atoms with Crippen molar-refractivity contribution < 1.29 is 9.50 Å². The summed E-state index contributed by atoms with van der Waals surface area (Å²) in [5.41, 5.74) is 0.565. The van der Waals surface area contributed by atoms with E-state index < -0.39 is 12.0 Å². The molecule has 0 heterocycles. The Morgan fingerprint density at radius 3 is 2.38 bits per heavy atom. The molecular formula is C10H10FNO. The molecule has 13 heavy (non-hydrogen) atoms. The molecule has 0 saturated heterocycles. The molecule has 0 bridgehead atoms. The lowest BCUT2D eigenvalue weighted by molar-refractivity contribution is 0.142. The van der Waals surface area contributed by atoms with Crippen molar-refractivity contribution in [2.45, 2.75) is 13.0 Å². The van der Waals surface area contributed by atoms with E-state index in [9.17, 15) is 9.50 Å². The zero-order valence-electron chi connectivity index (χ0n) is 7.24. The summed E-state index contributed by atoms with van der Waals surface area (Å²) in [6, 6.07) is 7.43. The van der Waals surface area contributed by atoms with Crippen LogP contribution in [0.3, 0.4) is 0 Å². The van der Waals surface area contributed by atoms with E-state index in [1.807, 2.05) is 6.07 Å². The van der Waals surface area contributed by atoms with Crippen LogP contribution in [0.1, 0.15) is 18.6 Å². The van der Waals surface area contributed by atoms with E-state index in [-0.39, 0.29) is 5.82 Å².